The van der Waals surface area contributed by atoms with Crippen LogP contribution in [-0.2, 0) is 4.74 Å². The molecule has 0 saturated carbocycles. The normalized spacial score (nSPS) is 19.2. The number of para-hydroxylation sites is 2. The number of piperidine rings is 1. The van der Waals surface area contributed by atoms with Gasteiger partial charge in [-0.3, -0.25) is 4.57 Å². The summed E-state index contributed by atoms with van der Waals surface area (Å²) in [5, 5.41) is 6.87. The van der Waals surface area contributed by atoms with Crippen LogP contribution in [0.3, 0.4) is 0 Å². The number of nitrogens with one attached hydrogen (secondary N) is 2. The van der Waals surface area contributed by atoms with Crippen LogP contribution < -0.4 is 15.5 Å². The van der Waals surface area contributed by atoms with Gasteiger partial charge >= 0.3 is 0 Å². The number of imidazole rings is 1. The monoisotopic (exact) mass is 474 g/mol. The van der Waals surface area contributed by atoms with Gasteiger partial charge in [-0.05, 0) is 49.2 Å². The van der Waals surface area contributed by atoms with Gasteiger partial charge < -0.3 is 20.3 Å². The topological polar surface area (TPSA) is 93.0 Å². The third-order valence-electron chi connectivity index (χ3n) is 6.51. The largest absolute Gasteiger partial charge is 0.382 e. The Morgan fingerprint density at radius 3 is 2.57 bits per heavy atom. The second-order valence-corrected chi connectivity index (χ2v) is 8.87. The molecule has 0 aliphatic carbocycles. The Balaban J connectivity index is 1.26. The lowest BCUT2D eigenvalue weighted by Gasteiger charge is -2.33. The highest BCUT2D eigenvalue weighted by Gasteiger charge is 2.26. The van der Waals surface area contributed by atoms with Crippen LogP contribution in [0.4, 0.5) is 16.0 Å². The van der Waals surface area contributed by atoms with Crippen LogP contribution in [-0.4, -0.2) is 63.3 Å². The summed E-state index contributed by atoms with van der Waals surface area (Å²) in [4.78, 5) is 21.2. The number of rotatable bonds is 5. The molecule has 1 unspecified atom stereocenters. The van der Waals surface area contributed by atoms with Gasteiger partial charge in [-0.1, -0.05) is 12.1 Å². The van der Waals surface area contributed by atoms with Crippen molar-refractivity contribution in [2.75, 3.05) is 43.0 Å². The van der Waals surface area contributed by atoms with Crippen LogP contribution in [0.1, 0.15) is 24.8 Å². The second kappa shape index (κ2) is 9.55. The summed E-state index contributed by atoms with van der Waals surface area (Å²) in [5.74, 6) is 1.59. The maximum atomic E-state index is 13.2. The van der Waals surface area contributed by atoms with Crippen molar-refractivity contribution in [3.63, 3.8) is 0 Å². The molecule has 4 heterocycles. The van der Waals surface area contributed by atoms with Crippen molar-refractivity contribution in [3.05, 3.63) is 66.5 Å². The van der Waals surface area contributed by atoms with Gasteiger partial charge in [-0.25, -0.2) is 9.37 Å². The zero-order chi connectivity index (χ0) is 23.6. The minimum Gasteiger partial charge on any atom is -0.382 e. The predicted molar refractivity (Wildman–Crippen MR) is 131 cm³/mol. The molecule has 2 fully saturated rings. The van der Waals surface area contributed by atoms with E-state index >= 15 is 0 Å². The average Bonchev–Trinajstić information content (AvgIpc) is 3.35. The zero-order valence-electron chi connectivity index (χ0n) is 19.3. The first-order valence-electron chi connectivity index (χ1n) is 12.0. The quantitative estimate of drug-likeness (QED) is 0.456. The van der Waals surface area contributed by atoms with Gasteiger partial charge in [0, 0.05) is 37.9 Å². The smallest absolute Gasteiger partial charge is 0.240 e. The maximum absolute atomic E-state index is 13.2. The molecule has 6 rings (SSSR count). The lowest BCUT2D eigenvalue weighted by atomic mass is 10.0. The molecular weight excluding hydrogens is 447 g/mol. The van der Waals surface area contributed by atoms with E-state index in [0.717, 1.165) is 49.2 Å². The molecule has 10 heteroatoms. The third-order valence-corrected chi connectivity index (χ3v) is 6.51. The standard InChI is InChI=1S/C25H27FN8O/c26-17-5-7-18(8-6-17)29-19-9-12-33(13-10-19)24-30-23(22-15-27-11-14-35-22)31-25(32-24)34-16-28-20-3-1-2-4-21(20)34/h1-8,16,19,22,27,29H,9-15H2. The third kappa shape index (κ3) is 4.67. The Labute approximate surface area is 202 Å². The lowest BCUT2D eigenvalue weighted by Crippen LogP contribution is -2.40. The van der Waals surface area contributed by atoms with Gasteiger partial charge in [-0.15, -0.1) is 0 Å². The Kier molecular flexibility index (Phi) is 5.97. The van der Waals surface area contributed by atoms with Crippen LogP contribution in [0, 0.1) is 5.82 Å². The van der Waals surface area contributed by atoms with E-state index in [9.17, 15) is 4.39 Å². The van der Waals surface area contributed by atoms with Crippen molar-refractivity contribution in [3.8, 4) is 5.95 Å². The molecule has 35 heavy (non-hydrogen) atoms. The van der Waals surface area contributed by atoms with Gasteiger partial charge in [0.05, 0.1) is 17.6 Å². The number of morpholine rings is 1. The van der Waals surface area contributed by atoms with Crippen LogP contribution in [0.2, 0.25) is 0 Å². The molecule has 9 nitrogen and oxygen atoms in total. The number of hydrogen-bond acceptors (Lipinski definition) is 8. The van der Waals surface area contributed by atoms with E-state index in [1.165, 1.54) is 12.1 Å². The van der Waals surface area contributed by atoms with E-state index in [2.05, 4.69) is 20.5 Å². The SMILES string of the molecule is Fc1ccc(NC2CCN(c3nc(C4CNCCO4)nc(-n4cnc5ccccc54)n3)CC2)cc1. The molecule has 2 aromatic heterocycles. The van der Waals surface area contributed by atoms with Crippen molar-refractivity contribution in [2.45, 2.75) is 25.0 Å². The summed E-state index contributed by atoms with van der Waals surface area (Å²) in [6.07, 6.45) is 3.37. The number of nitrogens with zero attached hydrogens (tertiary/aromatic N) is 6. The average molecular weight is 475 g/mol. The summed E-state index contributed by atoms with van der Waals surface area (Å²) in [7, 11) is 0. The van der Waals surface area contributed by atoms with Crippen molar-refractivity contribution in [2.24, 2.45) is 0 Å². The Morgan fingerprint density at radius 2 is 1.77 bits per heavy atom. The number of hydrogen-bond donors (Lipinski definition) is 2. The molecule has 0 spiro atoms. The molecule has 2 saturated heterocycles. The van der Waals surface area contributed by atoms with Gasteiger partial charge in [0.2, 0.25) is 11.9 Å². The first kappa shape index (κ1) is 21.9. The van der Waals surface area contributed by atoms with Crippen molar-refractivity contribution in [1.29, 1.82) is 0 Å². The molecule has 0 amide bonds. The van der Waals surface area contributed by atoms with Gasteiger partial charge in [0.25, 0.3) is 0 Å². The summed E-state index contributed by atoms with van der Waals surface area (Å²) in [5.41, 5.74) is 2.77. The molecule has 2 aromatic carbocycles. The maximum Gasteiger partial charge on any atom is 0.240 e. The molecule has 1 atom stereocenters. The van der Waals surface area contributed by atoms with Crippen molar-refractivity contribution < 1.29 is 9.13 Å². The minimum atomic E-state index is -0.227. The van der Waals surface area contributed by atoms with Gasteiger partial charge in [0.15, 0.2) is 5.82 Å². The molecule has 4 aromatic rings. The molecule has 2 N–H and O–H groups in total. The Hall–Kier alpha value is -3.63. The van der Waals surface area contributed by atoms with Crippen molar-refractivity contribution >= 4 is 22.7 Å². The first-order valence-corrected chi connectivity index (χ1v) is 12.0. The number of halogens is 1. The fourth-order valence-electron chi connectivity index (χ4n) is 4.62. The summed E-state index contributed by atoms with van der Waals surface area (Å²) in [6.45, 7) is 3.71. The number of ether oxygens (including phenoxy) is 1. The van der Waals surface area contributed by atoms with E-state index < -0.39 is 0 Å². The lowest BCUT2D eigenvalue weighted by molar-refractivity contribution is 0.0220. The summed E-state index contributed by atoms with van der Waals surface area (Å²) in [6, 6.07) is 14.8. The number of anilines is 2. The van der Waals surface area contributed by atoms with E-state index in [-0.39, 0.29) is 11.9 Å². The Bertz CT molecular complexity index is 1300. The Morgan fingerprint density at radius 1 is 0.971 bits per heavy atom. The fraction of sp³-hybridized carbons (Fsp3) is 0.360. The molecule has 2 aliphatic rings. The highest BCUT2D eigenvalue weighted by atomic mass is 19.1. The van der Waals surface area contributed by atoms with Gasteiger partial charge in [-0.2, -0.15) is 15.0 Å². The summed E-state index contributed by atoms with van der Waals surface area (Å²) < 4.78 is 21.1. The fourth-order valence-corrected chi connectivity index (χ4v) is 4.62. The zero-order valence-corrected chi connectivity index (χ0v) is 19.3. The highest BCUT2D eigenvalue weighted by Crippen LogP contribution is 2.24. The van der Waals surface area contributed by atoms with E-state index in [0.29, 0.717) is 36.9 Å². The predicted octanol–water partition coefficient (Wildman–Crippen LogP) is 3.09. The van der Waals surface area contributed by atoms with Crippen LogP contribution >= 0.6 is 0 Å². The number of benzene rings is 2. The molecule has 0 bridgehead atoms. The summed E-state index contributed by atoms with van der Waals surface area (Å²) >= 11 is 0. The van der Waals surface area contributed by atoms with E-state index in [4.69, 9.17) is 19.7 Å². The van der Waals surface area contributed by atoms with Gasteiger partial charge in [0.1, 0.15) is 18.2 Å². The van der Waals surface area contributed by atoms with Crippen LogP contribution in [0.25, 0.3) is 17.0 Å². The number of fused-ring (bicyclic) bond motifs is 1. The molecule has 180 valence electrons. The van der Waals surface area contributed by atoms with E-state index in [1.54, 1.807) is 18.5 Å². The second-order valence-electron chi connectivity index (χ2n) is 8.87. The first-order chi connectivity index (χ1) is 17.2. The van der Waals surface area contributed by atoms with Crippen molar-refractivity contribution in [1.82, 2.24) is 29.8 Å². The molecular formula is C25H27FN8O. The van der Waals surface area contributed by atoms with E-state index in [1.807, 2.05) is 28.8 Å². The number of aromatic nitrogens is 5. The molecule has 0 radical (unpaired) electrons. The minimum absolute atomic E-state index is 0.225. The van der Waals surface area contributed by atoms with Crippen LogP contribution in [0.5, 0.6) is 0 Å². The van der Waals surface area contributed by atoms with Crippen LogP contribution in [0.15, 0.2) is 54.9 Å². The highest BCUT2D eigenvalue weighted by molar-refractivity contribution is 5.76. The molecule has 2 aliphatic heterocycles.